The van der Waals surface area contributed by atoms with Crippen molar-refractivity contribution >= 4 is 44.3 Å². The molecule has 2 heterocycles. The second kappa shape index (κ2) is 7.35. The summed E-state index contributed by atoms with van der Waals surface area (Å²) in [5.74, 6) is 0. The van der Waals surface area contributed by atoms with Gasteiger partial charge < -0.3 is 5.11 Å². The molecule has 4 nitrogen and oxygen atoms in total. The molecule has 3 rings (SSSR count). The molecule has 0 unspecified atom stereocenters. The molecule has 24 heavy (non-hydrogen) atoms. The first kappa shape index (κ1) is 17.6. The molecule has 0 spiro atoms. The van der Waals surface area contributed by atoms with E-state index < -0.39 is 16.1 Å². The maximum Gasteiger partial charge on any atom is 0.242 e. The van der Waals surface area contributed by atoms with Crippen LogP contribution in [-0.2, 0) is 10.0 Å². The van der Waals surface area contributed by atoms with Crippen LogP contribution in [0.25, 0.3) is 9.75 Å². The van der Waals surface area contributed by atoms with Crippen molar-refractivity contribution in [3.05, 3.63) is 63.8 Å². The van der Waals surface area contributed by atoms with Crippen molar-refractivity contribution in [2.24, 2.45) is 0 Å². The van der Waals surface area contributed by atoms with Crippen LogP contribution in [0.4, 0.5) is 0 Å². The maximum atomic E-state index is 12.3. The fourth-order valence-electron chi connectivity index (χ4n) is 2.11. The number of nitrogens with one attached hydrogen (secondary N) is 1. The third-order valence-electron chi connectivity index (χ3n) is 3.31. The average Bonchev–Trinajstić information content (AvgIpc) is 3.23. The molecular formula is C16H14ClNO3S3. The summed E-state index contributed by atoms with van der Waals surface area (Å²) in [6.45, 7) is -0.113. The molecule has 0 fully saturated rings. The van der Waals surface area contributed by atoms with E-state index in [4.69, 9.17) is 11.6 Å². The summed E-state index contributed by atoms with van der Waals surface area (Å²) in [6.07, 6.45) is -0.916. The lowest BCUT2D eigenvalue weighted by Gasteiger charge is -2.11. The van der Waals surface area contributed by atoms with Gasteiger partial charge in [-0.05, 0) is 35.7 Å². The first-order chi connectivity index (χ1) is 11.5. The Labute approximate surface area is 153 Å². The summed E-state index contributed by atoms with van der Waals surface area (Å²) in [4.78, 5) is 2.88. The highest BCUT2D eigenvalue weighted by Gasteiger charge is 2.20. The molecular weight excluding hydrogens is 386 g/mol. The normalized spacial score (nSPS) is 13.1. The quantitative estimate of drug-likeness (QED) is 0.654. The van der Waals surface area contributed by atoms with E-state index in [-0.39, 0.29) is 16.5 Å². The van der Waals surface area contributed by atoms with Gasteiger partial charge >= 0.3 is 0 Å². The molecule has 0 amide bonds. The van der Waals surface area contributed by atoms with E-state index in [9.17, 15) is 13.5 Å². The van der Waals surface area contributed by atoms with Gasteiger partial charge in [0.15, 0.2) is 0 Å². The van der Waals surface area contributed by atoms with Crippen LogP contribution in [0.5, 0.6) is 0 Å². The van der Waals surface area contributed by atoms with Crippen molar-refractivity contribution in [3.63, 3.8) is 0 Å². The molecule has 2 N–H and O–H groups in total. The van der Waals surface area contributed by atoms with Crippen molar-refractivity contribution in [2.75, 3.05) is 6.54 Å². The van der Waals surface area contributed by atoms with E-state index in [0.717, 1.165) is 9.75 Å². The molecule has 0 saturated heterocycles. The number of halogens is 1. The van der Waals surface area contributed by atoms with Crippen LogP contribution >= 0.6 is 34.3 Å². The van der Waals surface area contributed by atoms with Crippen molar-refractivity contribution in [2.45, 2.75) is 11.0 Å². The molecule has 0 bridgehead atoms. The smallest absolute Gasteiger partial charge is 0.242 e. The molecule has 2 aromatic heterocycles. The van der Waals surface area contributed by atoms with Crippen LogP contribution in [0, 0.1) is 0 Å². The van der Waals surface area contributed by atoms with Gasteiger partial charge in [0.25, 0.3) is 0 Å². The maximum absolute atomic E-state index is 12.3. The number of hydrogen-bond donors (Lipinski definition) is 2. The Morgan fingerprint density at radius 3 is 2.58 bits per heavy atom. The number of aliphatic hydroxyl groups excluding tert-OH is 1. The third-order valence-corrected chi connectivity index (χ3v) is 7.49. The lowest BCUT2D eigenvalue weighted by atomic mass is 10.3. The molecule has 0 saturated carbocycles. The Balaban J connectivity index is 1.69. The number of rotatable bonds is 6. The second-order valence-electron chi connectivity index (χ2n) is 4.98. The monoisotopic (exact) mass is 399 g/mol. The Bertz CT molecular complexity index is 920. The van der Waals surface area contributed by atoms with Crippen molar-refractivity contribution < 1.29 is 13.5 Å². The number of aliphatic hydroxyl groups is 1. The summed E-state index contributed by atoms with van der Waals surface area (Å²) in [5, 5.41) is 12.4. The van der Waals surface area contributed by atoms with Gasteiger partial charge in [0.1, 0.15) is 11.0 Å². The van der Waals surface area contributed by atoms with Gasteiger partial charge in [-0.1, -0.05) is 29.8 Å². The van der Waals surface area contributed by atoms with Crippen molar-refractivity contribution in [1.29, 1.82) is 0 Å². The van der Waals surface area contributed by atoms with Gasteiger partial charge in [-0.25, -0.2) is 13.1 Å². The predicted molar refractivity (Wildman–Crippen MR) is 99.2 cm³/mol. The molecule has 8 heteroatoms. The Morgan fingerprint density at radius 2 is 1.88 bits per heavy atom. The molecule has 126 valence electrons. The average molecular weight is 400 g/mol. The summed E-state index contributed by atoms with van der Waals surface area (Å²) >= 11 is 8.99. The van der Waals surface area contributed by atoms with Crippen LogP contribution in [0.1, 0.15) is 11.0 Å². The van der Waals surface area contributed by atoms with E-state index in [1.54, 1.807) is 23.5 Å². The molecule has 0 aliphatic heterocycles. The zero-order chi connectivity index (χ0) is 17.2. The Kier molecular flexibility index (Phi) is 5.39. The van der Waals surface area contributed by atoms with E-state index in [1.165, 1.54) is 23.5 Å². The molecule has 0 aliphatic carbocycles. The van der Waals surface area contributed by atoms with Crippen LogP contribution in [0.2, 0.25) is 5.02 Å². The number of benzene rings is 1. The number of thiophene rings is 2. The van der Waals surface area contributed by atoms with E-state index in [2.05, 4.69) is 4.72 Å². The molecule has 1 aromatic carbocycles. The van der Waals surface area contributed by atoms with Crippen LogP contribution in [-0.4, -0.2) is 20.1 Å². The Hall–Kier alpha value is -1.22. The molecule has 3 aromatic rings. The fraction of sp³-hybridized carbons (Fsp3) is 0.125. The third kappa shape index (κ3) is 3.88. The lowest BCUT2D eigenvalue weighted by molar-refractivity contribution is 0.186. The van der Waals surface area contributed by atoms with Crippen LogP contribution in [0.15, 0.2) is 58.8 Å². The summed E-state index contributed by atoms with van der Waals surface area (Å²) in [5.41, 5.74) is 0. The van der Waals surface area contributed by atoms with Crippen molar-refractivity contribution in [1.82, 2.24) is 4.72 Å². The summed E-state index contributed by atoms with van der Waals surface area (Å²) in [7, 11) is -3.77. The standard InChI is InChI=1S/C16H14ClNO3S3/c17-11-4-1-2-6-16(11)24(20,21)18-10-12(19)13-7-8-15(23-13)14-5-3-9-22-14/h1-9,12,18-19H,10H2/t12-/m1/s1. The minimum Gasteiger partial charge on any atom is -0.386 e. The first-order valence-corrected chi connectivity index (χ1v) is 10.6. The molecule has 0 radical (unpaired) electrons. The van der Waals surface area contributed by atoms with E-state index in [1.807, 2.05) is 29.6 Å². The SMILES string of the molecule is O=S(=O)(NC[C@@H](O)c1ccc(-c2cccs2)s1)c1ccccc1Cl. The summed E-state index contributed by atoms with van der Waals surface area (Å²) in [6, 6.07) is 13.9. The second-order valence-corrected chi connectivity index (χ2v) is 9.18. The minimum absolute atomic E-state index is 0.00400. The highest BCUT2D eigenvalue weighted by Crippen LogP contribution is 2.34. The highest BCUT2D eigenvalue weighted by atomic mass is 35.5. The van der Waals surface area contributed by atoms with Gasteiger partial charge in [0.2, 0.25) is 10.0 Å². The summed E-state index contributed by atoms with van der Waals surface area (Å²) < 4.78 is 27.0. The number of hydrogen-bond acceptors (Lipinski definition) is 5. The van der Waals surface area contributed by atoms with Crippen LogP contribution in [0.3, 0.4) is 0 Å². The zero-order valence-corrected chi connectivity index (χ0v) is 15.6. The number of sulfonamides is 1. The topological polar surface area (TPSA) is 66.4 Å². The minimum atomic E-state index is -3.77. The highest BCUT2D eigenvalue weighted by molar-refractivity contribution is 7.89. The molecule has 0 aliphatic rings. The van der Waals surface area contributed by atoms with E-state index >= 15 is 0 Å². The largest absolute Gasteiger partial charge is 0.386 e. The van der Waals surface area contributed by atoms with Crippen LogP contribution < -0.4 is 4.72 Å². The molecule has 1 atom stereocenters. The van der Waals surface area contributed by atoms with Gasteiger partial charge in [-0.3, -0.25) is 0 Å². The Morgan fingerprint density at radius 1 is 1.08 bits per heavy atom. The first-order valence-electron chi connectivity index (χ1n) is 7.03. The van der Waals surface area contributed by atoms with Gasteiger partial charge in [-0.15, -0.1) is 22.7 Å². The van der Waals surface area contributed by atoms with Gasteiger partial charge in [0, 0.05) is 21.2 Å². The zero-order valence-electron chi connectivity index (χ0n) is 12.3. The van der Waals surface area contributed by atoms with Crippen molar-refractivity contribution in [3.8, 4) is 9.75 Å². The fourth-order valence-corrected chi connectivity index (χ4v) is 5.50. The lowest BCUT2D eigenvalue weighted by Crippen LogP contribution is -2.28. The van der Waals surface area contributed by atoms with Gasteiger partial charge in [-0.2, -0.15) is 0 Å². The van der Waals surface area contributed by atoms with Gasteiger partial charge in [0.05, 0.1) is 5.02 Å². The predicted octanol–water partition coefficient (Wildman–Crippen LogP) is 4.14. The van der Waals surface area contributed by atoms with E-state index in [0.29, 0.717) is 4.88 Å².